The number of nitrogens with zero attached hydrogens (tertiary/aromatic N) is 1. The number of rotatable bonds is 2. The van der Waals surface area contributed by atoms with E-state index in [1.807, 2.05) is 5.32 Å². The monoisotopic (exact) mass is 189 g/mol. The molecular weight excluding hydrogens is 180 g/mol. The number of carbonyl (C=O) groups is 1. The summed E-state index contributed by atoms with van der Waals surface area (Å²) < 4.78 is 24.8. The molecule has 0 atom stereocenters. The summed E-state index contributed by atoms with van der Waals surface area (Å²) in [7, 11) is 0. The first-order chi connectivity index (χ1) is 5.91. The first-order valence-electron chi connectivity index (χ1n) is 3.60. The van der Waals surface area contributed by atoms with Crippen molar-refractivity contribution < 1.29 is 13.6 Å². The van der Waals surface area contributed by atoms with Crippen LogP contribution in [0.1, 0.15) is 12.6 Å². The second-order valence-corrected chi connectivity index (χ2v) is 2.75. The zero-order valence-corrected chi connectivity index (χ0v) is 7.19. The fourth-order valence-corrected chi connectivity index (χ4v) is 0.709. The maximum atomic E-state index is 12.4. The Bertz CT molecular complexity index is 316. The highest BCUT2D eigenvalue weighted by molar-refractivity contribution is 5.95. The summed E-state index contributed by atoms with van der Waals surface area (Å²) in [5, 5.41) is 8.14. The van der Waals surface area contributed by atoms with Crippen molar-refractivity contribution in [2.75, 3.05) is 5.32 Å². The van der Waals surface area contributed by atoms with E-state index in [1.165, 1.54) is 6.20 Å². The normalized spacial score (nSPS) is 11.4. The molecule has 0 bridgehead atoms. The first kappa shape index (κ1) is 9.63. The molecule has 2 N–H and O–H groups in total. The lowest BCUT2D eigenvalue weighted by Crippen LogP contribution is -2.31. The van der Waals surface area contributed by atoms with Gasteiger partial charge < -0.3 is 5.32 Å². The summed E-state index contributed by atoms with van der Waals surface area (Å²) in [5.41, 5.74) is 0.809. The van der Waals surface area contributed by atoms with Gasteiger partial charge in [0, 0.05) is 6.92 Å². The van der Waals surface area contributed by atoms with Crippen LogP contribution in [0.25, 0.3) is 0 Å². The SMILES string of the molecule is Cc1[nH]ncc1NC(=O)C(C)(F)F. The molecule has 1 amide bonds. The summed E-state index contributed by atoms with van der Waals surface area (Å²) >= 11 is 0. The van der Waals surface area contributed by atoms with Crippen LogP contribution < -0.4 is 5.32 Å². The summed E-state index contributed by atoms with van der Waals surface area (Å²) in [6.45, 7) is 2.16. The molecule has 0 aliphatic heterocycles. The number of anilines is 1. The molecule has 0 spiro atoms. The quantitative estimate of drug-likeness (QED) is 0.736. The molecule has 0 aromatic carbocycles. The molecular formula is C7H9F2N3O. The highest BCUT2D eigenvalue weighted by Gasteiger charge is 2.32. The number of halogens is 2. The molecule has 4 nitrogen and oxygen atoms in total. The number of aromatic nitrogens is 2. The van der Waals surface area contributed by atoms with Gasteiger partial charge in [-0.2, -0.15) is 13.9 Å². The van der Waals surface area contributed by atoms with E-state index in [-0.39, 0.29) is 5.69 Å². The number of hydrogen-bond acceptors (Lipinski definition) is 2. The van der Waals surface area contributed by atoms with E-state index in [0.29, 0.717) is 12.6 Å². The molecule has 13 heavy (non-hydrogen) atoms. The predicted molar refractivity (Wildman–Crippen MR) is 42.6 cm³/mol. The summed E-state index contributed by atoms with van der Waals surface area (Å²) in [6, 6.07) is 0. The molecule has 0 radical (unpaired) electrons. The van der Waals surface area contributed by atoms with Crippen LogP contribution >= 0.6 is 0 Å². The summed E-state index contributed by atoms with van der Waals surface area (Å²) in [5.74, 6) is -4.71. The van der Waals surface area contributed by atoms with Gasteiger partial charge in [0.25, 0.3) is 5.91 Å². The van der Waals surface area contributed by atoms with Crippen molar-refractivity contribution in [2.45, 2.75) is 19.8 Å². The van der Waals surface area contributed by atoms with Crippen LogP contribution in [0.2, 0.25) is 0 Å². The van der Waals surface area contributed by atoms with E-state index >= 15 is 0 Å². The van der Waals surface area contributed by atoms with Crippen molar-refractivity contribution in [1.82, 2.24) is 10.2 Å². The maximum absolute atomic E-state index is 12.4. The number of hydrogen-bond donors (Lipinski definition) is 2. The zero-order valence-electron chi connectivity index (χ0n) is 7.19. The van der Waals surface area contributed by atoms with E-state index in [2.05, 4.69) is 10.2 Å². The second kappa shape index (κ2) is 3.12. The van der Waals surface area contributed by atoms with E-state index in [1.54, 1.807) is 6.92 Å². The zero-order chi connectivity index (χ0) is 10.1. The van der Waals surface area contributed by atoms with Crippen molar-refractivity contribution in [3.8, 4) is 0 Å². The van der Waals surface area contributed by atoms with Crippen LogP contribution in [0, 0.1) is 6.92 Å². The van der Waals surface area contributed by atoms with Gasteiger partial charge in [-0.15, -0.1) is 0 Å². The number of nitrogens with one attached hydrogen (secondary N) is 2. The molecule has 6 heteroatoms. The van der Waals surface area contributed by atoms with Crippen molar-refractivity contribution in [3.05, 3.63) is 11.9 Å². The lowest BCUT2D eigenvalue weighted by molar-refractivity contribution is -0.137. The Labute approximate surface area is 73.3 Å². The third-order valence-corrected chi connectivity index (χ3v) is 1.48. The van der Waals surface area contributed by atoms with Gasteiger partial charge in [0.05, 0.1) is 17.6 Å². The number of carbonyl (C=O) groups excluding carboxylic acids is 1. The molecule has 0 aliphatic carbocycles. The first-order valence-corrected chi connectivity index (χ1v) is 3.60. The predicted octanol–water partition coefficient (Wildman–Crippen LogP) is 1.31. The minimum absolute atomic E-state index is 0.270. The van der Waals surface area contributed by atoms with Gasteiger partial charge >= 0.3 is 5.92 Å². The Kier molecular flexibility index (Phi) is 2.31. The lowest BCUT2D eigenvalue weighted by Gasteiger charge is -2.09. The van der Waals surface area contributed by atoms with Crippen LogP contribution in [0.3, 0.4) is 0 Å². The average Bonchev–Trinajstić information content (AvgIpc) is 2.34. The smallest absolute Gasteiger partial charge is 0.318 e. The number of alkyl halides is 2. The molecule has 0 unspecified atom stereocenters. The molecule has 0 fully saturated rings. The van der Waals surface area contributed by atoms with Gasteiger partial charge in [-0.3, -0.25) is 9.89 Å². The van der Waals surface area contributed by atoms with Gasteiger partial charge in [-0.25, -0.2) is 0 Å². The standard InChI is InChI=1S/C7H9F2N3O/c1-4-5(3-10-12-4)11-6(13)7(2,8)9/h3H,1-2H3,(H,10,12)(H,11,13). The molecule has 1 rings (SSSR count). The fraction of sp³-hybridized carbons (Fsp3) is 0.429. The van der Waals surface area contributed by atoms with Crippen molar-refractivity contribution in [1.29, 1.82) is 0 Å². The second-order valence-electron chi connectivity index (χ2n) is 2.75. The Morgan fingerprint density at radius 2 is 2.31 bits per heavy atom. The summed E-state index contributed by atoms with van der Waals surface area (Å²) in [6.07, 6.45) is 1.28. The molecule has 1 aromatic heterocycles. The highest BCUT2D eigenvalue weighted by atomic mass is 19.3. The summed E-state index contributed by atoms with van der Waals surface area (Å²) in [4.78, 5) is 10.8. The van der Waals surface area contributed by atoms with Crippen LogP contribution in [-0.2, 0) is 4.79 Å². The van der Waals surface area contributed by atoms with E-state index in [4.69, 9.17) is 0 Å². The van der Waals surface area contributed by atoms with Gasteiger partial charge in [-0.05, 0) is 6.92 Å². The third kappa shape index (κ3) is 2.24. The van der Waals surface area contributed by atoms with E-state index in [9.17, 15) is 13.6 Å². The van der Waals surface area contributed by atoms with Gasteiger partial charge in [0.15, 0.2) is 0 Å². The maximum Gasteiger partial charge on any atom is 0.322 e. The molecule has 0 saturated heterocycles. The molecule has 1 heterocycles. The van der Waals surface area contributed by atoms with Crippen molar-refractivity contribution in [2.24, 2.45) is 0 Å². The average molecular weight is 189 g/mol. The van der Waals surface area contributed by atoms with Crippen molar-refractivity contribution >= 4 is 11.6 Å². The number of aromatic amines is 1. The van der Waals surface area contributed by atoms with E-state index in [0.717, 1.165) is 0 Å². The largest absolute Gasteiger partial charge is 0.322 e. The Morgan fingerprint density at radius 1 is 1.69 bits per heavy atom. The van der Waals surface area contributed by atoms with Gasteiger partial charge in [0.1, 0.15) is 0 Å². The fourth-order valence-electron chi connectivity index (χ4n) is 0.709. The molecule has 0 aliphatic rings. The van der Waals surface area contributed by atoms with E-state index < -0.39 is 11.8 Å². The van der Waals surface area contributed by atoms with Crippen molar-refractivity contribution in [3.63, 3.8) is 0 Å². The minimum Gasteiger partial charge on any atom is -0.318 e. The topological polar surface area (TPSA) is 57.8 Å². The lowest BCUT2D eigenvalue weighted by atomic mass is 10.3. The third-order valence-electron chi connectivity index (χ3n) is 1.48. The van der Waals surface area contributed by atoms with Crippen LogP contribution in [0.5, 0.6) is 0 Å². The molecule has 0 saturated carbocycles. The number of aryl methyl sites for hydroxylation is 1. The van der Waals surface area contributed by atoms with Crippen LogP contribution in [-0.4, -0.2) is 22.0 Å². The van der Waals surface area contributed by atoms with Crippen LogP contribution in [0.4, 0.5) is 14.5 Å². The number of amides is 1. The van der Waals surface area contributed by atoms with Gasteiger partial charge in [0.2, 0.25) is 0 Å². The minimum atomic E-state index is -3.37. The Morgan fingerprint density at radius 3 is 2.69 bits per heavy atom. The number of H-pyrrole nitrogens is 1. The molecule has 1 aromatic rings. The highest BCUT2D eigenvalue weighted by Crippen LogP contribution is 2.16. The molecule has 72 valence electrons. The van der Waals surface area contributed by atoms with Gasteiger partial charge in [-0.1, -0.05) is 0 Å². The Balaban J connectivity index is 2.71. The van der Waals surface area contributed by atoms with Crippen LogP contribution in [0.15, 0.2) is 6.20 Å². The Hall–Kier alpha value is -1.46.